The number of aliphatic hydroxyl groups is 1. The van der Waals surface area contributed by atoms with Gasteiger partial charge in [-0.2, -0.15) is 0 Å². The van der Waals surface area contributed by atoms with Gasteiger partial charge in [0, 0.05) is 5.56 Å². The number of nitrogens with zero attached hydrogens (tertiary/aromatic N) is 1. The highest BCUT2D eigenvalue weighted by Gasteiger charge is 2.39. The normalized spacial score (nSPS) is 27.9. The van der Waals surface area contributed by atoms with Crippen LogP contribution in [0.15, 0.2) is 34.7 Å². The highest BCUT2D eigenvalue weighted by atomic mass is 16.4. The molecule has 4 rings (SSSR count). The molecular weight excluding hydrogens is 330 g/mol. The predicted octanol–water partition coefficient (Wildman–Crippen LogP) is 1.67. The number of carbonyl (C=O) groups is 1. The van der Waals surface area contributed by atoms with Crippen LogP contribution < -0.4 is 10.6 Å². The zero-order valence-corrected chi connectivity index (χ0v) is 14.9. The van der Waals surface area contributed by atoms with Gasteiger partial charge >= 0.3 is 0 Å². The van der Waals surface area contributed by atoms with E-state index in [4.69, 9.17) is 4.42 Å². The van der Waals surface area contributed by atoms with Gasteiger partial charge in [0.25, 0.3) is 0 Å². The number of oxazole rings is 1. The molecule has 1 saturated heterocycles. The van der Waals surface area contributed by atoms with Crippen LogP contribution in [-0.4, -0.2) is 41.2 Å². The van der Waals surface area contributed by atoms with Crippen molar-refractivity contribution in [3.05, 3.63) is 41.8 Å². The van der Waals surface area contributed by atoms with E-state index in [2.05, 4.69) is 15.6 Å². The maximum atomic E-state index is 12.5. The van der Waals surface area contributed by atoms with Crippen LogP contribution in [0.4, 0.5) is 0 Å². The first kappa shape index (κ1) is 17.2. The summed E-state index contributed by atoms with van der Waals surface area (Å²) in [6.07, 6.45) is 1.28. The number of nitrogens with one attached hydrogen (secondary N) is 2. The van der Waals surface area contributed by atoms with E-state index in [1.165, 1.54) is 0 Å². The monoisotopic (exact) mass is 355 g/mol. The molecule has 1 saturated carbocycles. The minimum atomic E-state index is -0.474. The third kappa shape index (κ3) is 3.52. The van der Waals surface area contributed by atoms with Gasteiger partial charge in [-0.1, -0.05) is 18.2 Å². The Kier molecular flexibility index (Phi) is 4.78. The van der Waals surface area contributed by atoms with Gasteiger partial charge in [-0.3, -0.25) is 4.79 Å². The van der Waals surface area contributed by atoms with Crippen LogP contribution in [0.3, 0.4) is 0 Å². The molecule has 6 nitrogen and oxygen atoms in total. The van der Waals surface area contributed by atoms with Crippen molar-refractivity contribution in [2.45, 2.75) is 38.3 Å². The predicted molar refractivity (Wildman–Crippen MR) is 97.4 cm³/mol. The van der Waals surface area contributed by atoms with Crippen molar-refractivity contribution in [2.24, 2.45) is 11.8 Å². The lowest BCUT2D eigenvalue weighted by Gasteiger charge is -2.35. The number of hydrogen-bond acceptors (Lipinski definition) is 5. The largest absolute Gasteiger partial charge is 0.441 e. The highest BCUT2D eigenvalue weighted by molar-refractivity contribution is 5.79. The van der Waals surface area contributed by atoms with Gasteiger partial charge in [-0.15, -0.1) is 0 Å². The van der Waals surface area contributed by atoms with Crippen LogP contribution in [0, 0.1) is 18.8 Å². The molecule has 0 bridgehead atoms. The molecule has 1 aromatic carbocycles. The molecule has 2 heterocycles. The minimum Gasteiger partial charge on any atom is -0.441 e. The van der Waals surface area contributed by atoms with Crippen LogP contribution in [0.25, 0.3) is 11.5 Å². The lowest BCUT2D eigenvalue weighted by molar-refractivity contribution is -0.122. The summed E-state index contributed by atoms with van der Waals surface area (Å²) in [5.74, 6) is 2.15. The van der Waals surface area contributed by atoms with Gasteiger partial charge in [0.1, 0.15) is 5.76 Å². The van der Waals surface area contributed by atoms with Gasteiger partial charge in [0.15, 0.2) is 0 Å². The molecule has 26 heavy (non-hydrogen) atoms. The molecule has 2 aromatic rings. The average Bonchev–Trinajstić information content (AvgIpc) is 3.22. The summed E-state index contributed by atoms with van der Waals surface area (Å²) in [6.45, 7) is 3.78. The molecule has 138 valence electrons. The Morgan fingerprint density at radius 3 is 2.77 bits per heavy atom. The minimum absolute atomic E-state index is 0.116. The van der Waals surface area contributed by atoms with Crippen molar-refractivity contribution in [2.75, 3.05) is 13.1 Å². The number of aryl methyl sites for hydroxylation is 1. The number of aromatic nitrogens is 1. The lowest BCUT2D eigenvalue weighted by atomic mass is 9.77. The second-order valence-corrected chi connectivity index (χ2v) is 7.46. The molecule has 1 aromatic heterocycles. The summed E-state index contributed by atoms with van der Waals surface area (Å²) in [6, 6.07) is 9.48. The quantitative estimate of drug-likeness (QED) is 0.777. The van der Waals surface area contributed by atoms with Crippen molar-refractivity contribution >= 4 is 5.91 Å². The lowest BCUT2D eigenvalue weighted by Crippen LogP contribution is -2.49. The molecule has 3 N–H and O–H groups in total. The van der Waals surface area contributed by atoms with Crippen LogP contribution in [0.5, 0.6) is 0 Å². The van der Waals surface area contributed by atoms with Gasteiger partial charge in [-0.25, -0.2) is 4.98 Å². The van der Waals surface area contributed by atoms with Crippen LogP contribution >= 0.6 is 0 Å². The molecule has 1 aliphatic carbocycles. The molecule has 1 amide bonds. The molecule has 0 unspecified atom stereocenters. The molecular formula is C20H25N3O3. The Bertz CT molecular complexity index is 774. The molecule has 0 spiro atoms. The Hall–Kier alpha value is -2.18. The first-order valence-corrected chi connectivity index (χ1v) is 9.30. The van der Waals surface area contributed by atoms with Crippen molar-refractivity contribution in [1.82, 2.24) is 15.6 Å². The number of aliphatic hydroxyl groups excluding tert-OH is 1. The SMILES string of the molecule is Cc1oc(-c2ccccc2)nc1CC(=O)N[C@H]1C[C@H]2CNC[C@H]2C[C@@H]1O. The zero-order valence-electron chi connectivity index (χ0n) is 14.9. The van der Waals surface area contributed by atoms with E-state index in [-0.39, 0.29) is 18.4 Å². The molecule has 6 heteroatoms. The van der Waals surface area contributed by atoms with E-state index >= 15 is 0 Å². The van der Waals surface area contributed by atoms with Crippen LogP contribution in [0.2, 0.25) is 0 Å². The summed E-state index contributed by atoms with van der Waals surface area (Å²) in [5, 5.41) is 16.7. The van der Waals surface area contributed by atoms with E-state index in [0.29, 0.717) is 29.2 Å². The maximum absolute atomic E-state index is 12.5. The van der Waals surface area contributed by atoms with Crippen molar-refractivity contribution in [3.63, 3.8) is 0 Å². The number of fused-ring (bicyclic) bond motifs is 1. The number of carbonyl (C=O) groups excluding carboxylic acids is 1. The maximum Gasteiger partial charge on any atom is 0.226 e. The van der Waals surface area contributed by atoms with E-state index in [0.717, 1.165) is 31.5 Å². The fourth-order valence-corrected chi connectivity index (χ4v) is 4.16. The Morgan fingerprint density at radius 1 is 1.27 bits per heavy atom. The van der Waals surface area contributed by atoms with Crippen molar-refractivity contribution in [1.29, 1.82) is 0 Å². The number of amides is 1. The molecule has 0 radical (unpaired) electrons. The van der Waals surface area contributed by atoms with E-state index in [1.807, 2.05) is 37.3 Å². The van der Waals surface area contributed by atoms with E-state index in [9.17, 15) is 9.90 Å². The van der Waals surface area contributed by atoms with Gasteiger partial charge in [0.2, 0.25) is 11.8 Å². The second-order valence-electron chi connectivity index (χ2n) is 7.46. The summed E-state index contributed by atoms with van der Waals surface area (Å²) >= 11 is 0. The zero-order chi connectivity index (χ0) is 18.1. The summed E-state index contributed by atoms with van der Waals surface area (Å²) in [5.41, 5.74) is 1.54. The number of hydrogen-bond donors (Lipinski definition) is 3. The van der Waals surface area contributed by atoms with Crippen molar-refractivity contribution < 1.29 is 14.3 Å². The first-order valence-electron chi connectivity index (χ1n) is 9.30. The third-order valence-electron chi connectivity index (χ3n) is 5.63. The van der Waals surface area contributed by atoms with E-state index < -0.39 is 6.10 Å². The van der Waals surface area contributed by atoms with Crippen LogP contribution in [-0.2, 0) is 11.2 Å². The second kappa shape index (κ2) is 7.21. The molecule has 1 aliphatic heterocycles. The standard InChI is InChI=1S/C20H25N3O3/c1-12-16(23-20(26-12)13-5-3-2-4-6-13)9-19(25)22-17-7-14-10-21-11-15(14)8-18(17)24/h2-6,14-15,17-18,21,24H,7-11H2,1H3,(H,22,25)/t14-,15+,17-,18-/m0/s1. The third-order valence-corrected chi connectivity index (χ3v) is 5.63. The van der Waals surface area contributed by atoms with Crippen molar-refractivity contribution in [3.8, 4) is 11.5 Å². The Morgan fingerprint density at radius 2 is 2.00 bits per heavy atom. The number of benzene rings is 1. The fraction of sp³-hybridized carbons (Fsp3) is 0.500. The first-order chi connectivity index (χ1) is 12.6. The Balaban J connectivity index is 1.40. The Labute approximate surface area is 153 Å². The van der Waals surface area contributed by atoms with Gasteiger partial charge < -0.3 is 20.2 Å². The summed E-state index contributed by atoms with van der Waals surface area (Å²) < 4.78 is 5.72. The molecule has 2 aliphatic rings. The summed E-state index contributed by atoms with van der Waals surface area (Å²) in [7, 11) is 0. The van der Waals surface area contributed by atoms with Crippen LogP contribution in [0.1, 0.15) is 24.3 Å². The number of rotatable bonds is 4. The molecule has 4 atom stereocenters. The smallest absolute Gasteiger partial charge is 0.226 e. The van der Waals surface area contributed by atoms with Gasteiger partial charge in [-0.05, 0) is 56.8 Å². The topological polar surface area (TPSA) is 87.4 Å². The molecule has 2 fully saturated rings. The van der Waals surface area contributed by atoms with E-state index in [1.54, 1.807) is 0 Å². The average molecular weight is 355 g/mol. The fourth-order valence-electron chi connectivity index (χ4n) is 4.16. The highest BCUT2D eigenvalue weighted by Crippen LogP contribution is 2.33. The summed E-state index contributed by atoms with van der Waals surface area (Å²) in [4.78, 5) is 17.0. The van der Waals surface area contributed by atoms with Gasteiger partial charge in [0.05, 0.1) is 24.3 Å².